The Morgan fingerprint density at radius 1 is 1.59 bits per heavy atom. The second kappa shape index (κ2) is 5.74. The third-order valence-electron chi connectivity index (χ3n) is 1.79. The minimum atomic E-state index is -1.42. The first-order chi connectivity index (χ1) is 8.04. The second-order valence-electron chi connectivity index (χ2n) is 3.00. The Hall–Kier alpha value is -2.24. The molecular weight excluding hydrogens is 229 g/mol. The predicted octanol–water partition coefficient (Wildman–Crippen LogP) is 1.50. The van der Waals surface area contributed by atoms with E-state index in [1.165, 1.54) is 6.08 Å². The lowest BCUT2D eigenvalue weighted by Crippen LogP contribution is -2.03. The fourth-order valence-corrected chi connectivity index (χ4v) is 1.06. The molecule has 0 amide bonds. The molecule has 5 nitrogen and oxygen atoms in total. The fraction of sp³-hybridized carbons (Fsp3) is 0.182. The number of ether oxygens (including phenoxy) is 1. The highest BCUT2D eigenvalue weighted by molar-refractivity contribution is 5.90. The standard InChI is InChI=1S/C11H10FNO4/c1-2-17-9(14)4-3-7-5-8(11(15)16)10(12)13-6-7/h3-6H,2H2,1H3,(H,15,16). The van der Waals surface area contributed by atoms with E-state index in [2.05, 4.69) is 9.72 Å². The number of nitrogens with zero attached hydrogens (tertiary/aromatic N) is 1. The van der Waals surface area contributed by atoms with Crippen molar-refractivity contribution in [3.8, 4) is 0 Å². The van der Waals surface area contributed by atoms with Crippen molar-refractivity contribution in [2.75, 3.05) is 6.61 Å². The van der Waals surface area contributed by atoms with Gasteiger partial charge < -0.3 is 9.84 Å². The van der Waals surface area contributed by atoms with Crippen LogP contribution in [0.3, 0.4) is 0 Å². The SMILES string of the molecule is CCOC(=O)C=Cc1cnc(F)c(C(=O)O)c1. The maximum Gasteiger partial charge on any atom is 0.340 e. The molecular formula is C11H10FNO4. The van der Waals surface area contributed by atoms with Gasteiger partial charge in [0.15, 0.2) is 0 Å². The maximum absolute atomic E-state index is 12.9. The Kier molecular flexibility index (Phi) is 4.33. The number of hydrogen-bond acceptors (Lipinski definition) is 4. The number of carbonyl (C=O) groups is 2. The molecule has 0 saturated heterocycles. The van der Waals surface area contributed by atoms with E-state index in [9.17, 15) is 14.0 Å². The lowest BCUT2D eigenvalue weighted by atomic mass is 10.2. The van der Waals surface area contributed by atoms with Gasteiger partial charge in [0, 0.05) is 12.3 Å². The van der Waals surface area contributed by atoms with E-state index in [4.69, 9.17) is 5.11 Å². The highest BCUT2D eigenvalue weighted by Gasteiger charge is 2.11. The van der Waals surface area contributed by atoms with Crippen molar-refractivity contribution < 1.29 is 23.8 Å². The molecule has 0 aliphatic rings. The number of pyridine rings is 1. The van der Waals surface area contributed by atoms with Crippen molar-refractivity contribution in [3.63, 3.8) is 0 Å². The molecule has 0 aliphatic carbocycles. The van der Waals surface area contributed by atoms with Gasteiger partial charge in [-0.3, -0.25) is 0 Å². The monoisotopic (exact) mass is 239 g/mol. The molecule has 0 unspecified atom stereocenters. The molecule has 90 valence electrons. The van der Waals surface area contributed by atoms with Crippen LogP contribution in [0.4, 0.5) is 4.39 Å². The van der Waals surface area contributed by atoms with Crippen LogP contribution in [0.2, 0.25) is 0 Å². The van der Waals surface area contributed by atoms with Crippen LogP contribution in [-0.4, -0.2) is 28.6 Å². The van der Waals surface area contributed by atoms with E-state index in [1.54, 1.807) is 6.92 Å². The minimum Gasteiger partial charge on any atom is -0.478 e. The zero-order valence-electron chi connectivity index (χ0n) is 9.01. The normalized spacial score (nSPS) is 10.5. The van der Waals surface area contributed by atoms with Gasteiger partial charge in [0.2, 0.25) is 5.95 Å². The molecule has 0 fully saturated rings. The van der Waals surface area contributed by atoms with Crippen molar-refractivity contribution in [2.45, 2.75) is 6.92 Å². The number of carboxylic acid groups (broad SMARTS) is 1. The molecule has 0 aromatic carbocycles. The summed E-state index contributed by atoms with van der Waals surface area (Å²) in [6.07, 6.45) is 3.54. The first kappa shape index (κ1) is 12.8. The highest BCUT2D eigenvalue weighted by Crippen LogP contribution is 2.09. The third-order valence-corrected chi connectivity index (χ3v) is 1.79. The van der Waals surface area contributed by atoms with Gasteiger partial charge in [-0.2, -0.15) is 4.39 Å². The third kappa shape index (κ3) is 3.67. The van der Waals surface area contributed by atoms with Crippen LogP contribution in [0.5, 0.6) is 0 Å². The Labute approximate surface area is 96.5 Å². The van der Waals surface area contributed by atoms with Crippen molar-refractivity contribution in [1.29, 1.82) is 0 Å². The Morgan fingerprint density at radius 3 is 2.88 bits per heavy atom. The van der Waals surface area contributed by atoms with Crippen molar-refractivity contribution >= 4 is 18.0 Å². The minimum absolute atomic E-state index is 0.241. The summed E-state index contributed by atoms with van der Waals surface area (Å²) in [4.78, 5) is 24.9. The van der Waals surface area contributed by atoms with Gasteiger partial charge in [-0.05, 0) is 24.6 Å². The average Bonchev–Trinajstić information content (AvgIpc) is 2.28. The van der Waals surface area contributed by atoms with Gasteiger partial charge in [0.05, 0.1) is 6.61 Å². The largest absolute Gasteiger partial charge is 0.478 e. The molecule has 1 heterocycles. The van der Waals surface area contributed by atoms with E-state index in [0.29, 0.717) is 5.56 Å². The fourth-order valence-electron chi connectivity index (χ4n) is 1.06. The van der Waals surface area contributed by atoms with Gasteiger partial charge in [-0.15, -0.1) is 0 Å². The molecule has 1 aromatic rings. The number of halogens is 1. The summed E-state index contributed by atoms with van der Waals surface area (Å²) >= 11 is 0. The van der Waals surface area contributed by atoms with Crippen molar-refractivity contribution in [2.24, 2.45) is 0 Å². The summed E-state index contributed by atoms with van der Waals surface area (Å²) in [5.74, 6) is -3.04. The van der Waals surface area contributed by atoms with E-state index in [0.717, 1.165) is 18.3 Å². The molecule has 1 aromatic heterocycles. The van der Waals surface area contributed by atoms with Crippen molar-refractivity contribution in [3.05, 3.63) is 35.4 Å². The number of esters is 1. The molecule has 17 heavy (non-hydrogen) atoms. The quantitative estimate of drug-likeness (QED) is 0.489. The lowest BCUT2D eigenvalue weighted by molar-refractivity contribution is -0.137. The van der Waals surface area contributed by atoms with Crippen LogP contribution < -0.4 is 0 Å². The lowest BCUT2D eigenvalue weighted by Gasteiger charge is -1.98. The smallest absolute Gasteiger partial charge is 0.340 e. The number of aromatic nitrogens is 1. The number of hydrogen-bond donors (Lipinski definition) is 1. The molecule has 1 rings (SSSR count). The number of carboxylic acids is 1. The molecule has 1 N–H and O–H groups in total. The van der Waals surface area contributed by atoms with E-state index < -0.39 is 23.4 Å². The first-order valence-corrected chi connectivity index (χ1v) is 4.78. The zero-order chi connectivity index (χ0) is 12.8. The van der Waals surface area contributed by atoms with Gasteiger partial charge in [-0.1, -0.05) is 0 Å². The van der Waals surface area contributed by atoms with E-state index in [1.807, 2.05) is 0 Å². The number of rotatable bonds is 4. The topological polar surface area (TPSA) is 76.5 Å². The predicted molar refractivity (Wildman–Crippen MR) is 56.8 cm³/mol. The summed E-state index contributed by atoms with van der Waals surface area (Å²) in [7, 11) is 0. The molecule has 6 heteroatoms. The van der Waals surface area contributed by atoms with Crippen LogP contribution in [-0.2, 0) is 9.53 Å². The number of aromatic carboxylic acids is 1. The Bertz CT molecular complexity index is 471. The highest BCUT2D eigenvalue weighted by atomic mass is 19.1. The zero-order valence-corrected chi connectivity index (χ0v) is 9.01. The summed E-state index contributed by atoms with van der Waals surface area (Å²) in [6, 6.07) is 1.08. The van der Waals surface area contributed by atoms with E-state index in [-0.39, 0.29) is 6.61 Å². The molecule has 0 bridgehead atoms. The van der Waals surface area contributed by atoms with Crippen LogP contribution in [0.1, 0.15) is 22.8 Å². The molecule has 0 aliphatic heterocycles. The maximum atomic E-state index is 12.9. The summed E-state index contributed by atoms with van der Waals surface area (Å²) in [5, 5.41) is 8.66. The second-order valence-corrected chi connectivity index (χ2v) is 3.00. The van der Waals surface area contributed by atoms with E-state index >= 15 is 0 Å². The number of carbonyl (C=O) groups excluding carboxylic acids is 1. The van der Waals surface area contributed by atoms with Crippen molar-refractivity contribution in [1.82, 2.24) is 4.98 Å². The molecule has 0 spiro atoms. The molecule has 0 radical (unpaired) electrons. The summed E-state index contributed by atoms with van der Waals surface area (Å²) in [5.41, 5.74) is -0.243. The first-order valence-electron chi connectivity index (χ1n) is 4.78. The average molecular weight is 239 g/mol. The van der Waals surface area contributed by atoms with Crippen LogP contribution in [0.15, 0.2) is 18.3 Å². The van der Waals surface area contributed by atoms with Crippen LogP contribution >= 0.6 is 0 Å². The Balaban J connectivity index is 2.89. The Morgan fingerprint density at radius 2 is 2.29 bits per heavy atom. The van der Waals surface area contributed by atoms with Gasteiger partial charge >= 0.3 is 11.9 Å². The van der Waals surface area contributed by atoms with Gasteiger partial charge in [-0.25, -0.2) is 14.6 Å². The molecule has 0 saturated carbocycles. The summed E-state index contributed by atoms with van der Waals surface area (Å²) in [6.45, 7) is 1.90. The molecule has 0 atom stereocenters. The van der Waals surface area contributed by atoms with Crippen LogP contribution in [0.25, 0.3) is 6.08 Å². The summed E-state index contributed by atoms with van der Waals surface area (Å²) < 4.78 is 17.6. The van der Waals surface area contributed by atoms with Crippen LogP contribution in [0, 0.1) is 5.95 Å². The van der Waals surface area contributed by atoms with Gasteiger partial charge in [0.1, 0.15) is 5.56 Å². The van der Waals surface area contributed by atoms with Gasteiger partial charge in [0.25, 0.3) is 0 Å².